The van der Waals surface area contributed by atoms with Crippen LogP contribution < -0.4 is 20.4 Å². The summed E-state index contributed by atoms with van der Waals surface area (Å²) in [4.78, 5) is 54.3. The second-order valence-electron chi connectivity index (χ2n) is 9.43. The lowest BCUT2D eigenvalue weighted by atomic mass is 9.68. The number of carbonyl (C=O) groups excluding carboxylic acids is 4. The Hall–Kier alpha value is -2.50. The first kappa shape index (κ1) is 24.8. The fourth-order valence-electron chi connectivity index (χ4n) is 5.66. The molecule has 15 heteroatoms. The monoisotopic (exact) mass is 645 g/mol. The summed E-state index contributed by atoms with van der Waals surface area (Å²) in [5.74, 6) is -2.11. The maximum absolute atomic E-state index is 16.2. The number of nitrogens with one attached hydrogen (secondary N) is 2. The van der Waals surface area contributed by atoms with Gasteiger partial charge in [-0.05, 0) is 41.1 Å². The van der Waals surface area contributed by atoms with Crippen molar-refractivity contribution in [1.29, 1.82) is 0 Å². The Morgan fingerprint density at radius 2 is 2.00 bits per heavy atom. The van der Waals surface area contributed by atoms with E-state index in [9.17, 15) is 19.2 Å². The van der Waals surface area contributed by atoms with Crippen molar-refractivity contribution in [3.05, 3.63) is 17.4 Å². The third-order valence-corrected chi connectivity index (χ3v) is 9.16. The number of hydrogen-bond donors (Lipinski definition) is 2. The number of carbonyl (C=O) groups is 4. The molecule has 3 saturated heterocycles. The molecule has 2 aromatic rings. The summed E-state index contributed by atoms with van der Waals surface area (Å²) < 4.78 is 32.0. The van der Waals surface area contributed by atoms with Crippen molar-refractivity contribution in [2.45, 2.75) is 34.9 Å². The van der Waals surface area contributed by atoms with Gasteiger partial charge in [0.1, 0.15) is 4.11 Å². The van der Waals surface area contributed by atoms with Gasteiger partial charge in [0.2, 0.25) is 17.4 Å². The van der Waals surface area contributed by atoms with Gasteiger partial charge in [-0.3, -0.25) is 29.9 Å². The number of aromatic nitrogens is 1. The number of amides is 5. The molecule has 1 aromatic heterocycles. The minimum absolute atomic E-state index is 0.127. The van der Waals surface area contributed by atoms with Gasteiger partial charge in [0.05, 0.1) is 35.1 Å². The van der Waals surface area contributed by atoms with Crippen LogP contribution in [0.5, 0.6) is 0 Å². The number of anilines is 2. The normalized spacial score (nSPS) is 29.0. The van der Waals surface area contributed by atoms with Gasteiger partial charge in [0, 0.05) is 26.6 Å². The van der Waals surface area contributed by atoms with E-state index in [0.29, 0.717) is 18.7 Å². The second-order valence-corrected chi connectivity index (χ2v) is 11.9. The Morgan fingerprint density at radius 3 is 2.70 bits per heavy atom. The zero-order chi connectivity index (χ0) is 26.2. The SMILES string of the molecule is COC[C@H]1CN(c2noc3c(F)c4c(cc23)CC2(C(=O)NC(=O)NC2=O)C2[C@H](I)O[C@H](C)CN42)C(=O)S1. The largest absolute Gasteiger partial charge is 0.383 e. The molecule has 0 radical (unpaired) electrons. The lowest BCUT2D eigenvalue weighted by Crippen LogP contribution is -2.75. The number of alkyl halides is 1. The molecule has 6 rings (SSSR count). The van der Waals surface area contributed by atoms with E-state index >= 15 is 4.39 Å². The van der Waals surface area contributed by atoms with E-state index in [0.717, 1.165) is 11.8 Å². The molecule has 5 heterocycles. The van der Waals surface area contributed by atoms with E-state index in [1.807, 2.05) is 29.5 Å². The van der Waals surface area contributed by atoms with Crippen molar-refractivity contribution in [3.63, 3.8) is 0 Å². The maximum atomic E-state index is 16.2. The Bertz CT molecular complexity index is 1350. The van der Waals surface area contributed by atoms with E-state index in [1.54, 1.807) is 18.1 Å². The fourth-order valence-corrected chi connectivity index (χ4v) is 8.17. The molecule has 1 unspecified atom stereocenters. The van der Waals surface area contributed by atoms with Crippen LogP contribution in [0, 0.1) is 11.2 Å². The molecule has 0 aliphatic carbocycles. The summed E-state index contributed by atoms with van der Waals surface area (Å²) in [5, 5.41) is 8.28. The molecule has 0 bridgehead atoms. The third kappa shape index (κ3) is 3.57. The summed E-state index contributed by atoms with van der Waals surface area (Å²) in [6.45, 7) is 2.65. The predicted molar refractivity (Wildman–Crippen MR) is 137 cm³/mol. The highest BCUT2D eigenvalue weighted by atomic mass is 127. The van der Waals surface area contributed by atoms with Gasteiger partial charge in [0.15, 0.2) is 17.1 Å². The lowest BCUT2D eigenvalue weighted by Gasteiger charge is -2.54. The van der Waals surface area contributed by atoms with Crippen LogP contribution in [0.4, 0.5) is 25.5 Å². The molecule has 2 N–H and O–H groups in total. The van der Waals surface area contributed by atoms with Crippen LogP contribution >= 0.6 is 34.4 Å². The third-order valence-electron chi connectivity index (χ3n) is 7.15. The van der Waals surface area contributed by atoms with Crippen LogP contribution in [0.25, 0.3) is 11.0 Å². The highest BCUT2D eigenvalue weighted by molar-refractivity contribution is 14.1. The Balaban J connectivity index is 1.52. The Kier molecular flexibility index (Phi) is 5.89. The van der Waals surface area contributed by atoms with Crippen molar-refractivity contribution >= 4 is 79.9 Å². The van der Waals surface area contributed by atoms with Crippen LogP contribution in [0.2, 0.25) is 0 Å². The number of urea groups is 1. The standard InChI is InChI=1S/C22H21FIN5O7S/c1-8-5-28-13-9(4-22(15(28)16(24)35-8)18(30)25-20(32)26-19(22)31)3-11-14(12(13)23)36-27-17(11)29-6-10(7-34-2)37-21(29)33/h3,8,10,15-16H,4-7H2,1-2H3,(H2,25,26,30,31,32)/t8-,10-,15?,16-/m1/s1. The van der Waals surface area contributed by atoms with Crippen LogP contribution in [-0.2, 0) is 25.5 Å². The maximum Gasteiger partial charge on any atom is 0.328 e. The molecule has 0 saturated carbocycles. The molecule has 1 aromatic carbocycles. The number of methoxy groups -OCH3 is 1. The van der Waals surface area contributed by atoms with Crippen molar-refractivity contribution in [1.82, 2.24) is 15.8 Å². The summed E-state index contributed by atoms with van der Waals surface area (Å²) >= 11 is 3.09. The van der Waals surface area contributed by atoms with E-state index in [1.165, 1.54) is 4.90 Å². The van der Waals surface area contributed by atoms with Gasteiger partial charge in [-0.25, -0.2) is 9.18 Å². The fraction of sp³-hybridized carbons (Fsp3) is 0.500. The number of fused-ring (bicyclic) bond motifs is 5. The topological polar surface area (TPSA) is 143 Å². The molecule has 4 atom stereocenters. The van der Waals surface area contributed by atoms with E-state index < -0.39 is 39.2 Å². The highest BCUT2D eigenvalue weighted by Gasteiger charge is 2.64. The molecule has 1 spiro atoms. The number of imide groups is 2. The molecule has 4 aliphatic heterocycles. The van der Waals surface area contributed by atoms with Crippen LogP contribution in [0.15, 0.2) is 10.6 Å². The number of morpholine rings is 1. The first-order chi connectivity index (χ1) is 17.6. The Labute approximate surface area is 227 Å². The van der Waals surface area contributed by atoms with E-state index in [2.05, 4.69) is 15.8 Å². The Morgan fingerprint density at radius 1 is 1.27 bits per heavy atom. The van der Waals surface area contributed by atoms with Gasteiger partial charge in [-0.15, -0.1) is 0 Å². The summed E-state index contributed by atoms with van der Waals surface area (Å²) in [5.41, 5.74) is -1.35. The smallest absolute Gasteiger partial charge is 0.328 e. The number of halogens is 2. The summed E-state index contributed by atoms with van der Waals surface area (Å²) in [7, 11) is 1.54. The molecule has 37 heavy (non-hydrogen) atoms. The lowest BCUT2D eigenvalue weighted by molar-refractivity contribution is -0.150. The first-order valence-electron chi connectivity index (χ1n) is 11.5. The number of nitrogens with zero attached hydrogens (tertiary/aromatic N) is 3. The van der Waals surface area contributed by atoms with Gasteiger partial charge in [-0.2, -0.15) is 0 Å². The quantitative estimate of drug-likeness (QED) is 0.289. The summed E-state index contributed by atoms with van der Waals surface area (Å²) in [6, 6.07) is -0.198. The van der Waals surface area contributed by atoms with E-state index in [4.69, 9.17) is 14.0 Å². The number of barbiturate groups is 1. The predicted octanol–water partition coefficient (Wildman–Crippen LogP) is 1.92. The molecular weight excluding hydrogens is 624 g/mol. The minimum Gasteiger partial charge on any atom is -0.383 e. The minimum atomic E-state index is -1.76. The molecule has 3 fully saturated rings. The highest BCUT2D eigenvalue weighted by Crippen LogP contribution is 2.51. The van der Waals surface area contributed by atoms with Crippen molar-refractivity contribution in [3.8, 4) is 0 Å². The van der Waals surface area contributed by atoms with Crippen molar-refractivity contribution in [2.24, 2.45) is 5.41 Å². The molecular formula is C22H21FIN5O7S. The van der Waals surface area contributed by atoms with Gasteiger partial charge in [0.25, 0.3) is 5.24 Å². The van der Waals surface area contributed by atoms with E-state index in [-0.39, 0.29) is 52.0 Å². The number of hydrogen-bond acceptors (Lipinski definition) is 10. The average Bonchev–Trinajstić information content (AvgIpc) is 3.40. The molecule has 196 valence electrons. The zero-order valence-electron chi connectivity index (χ0n) is 19.6. The zero-order valence-corrected chi connectivity index (χ0v) is 22.6. The second kappa shape index (κ2) is 8.78. The number of benzene rings is 1. The number of thioether (sulfide) groups is 1. The first-order valence-corrected chi connectivity index (χ1v) is 13.6. The van der Waals surface area contributed by atoms with Gasteiger partial charge in [-0.1, -0.05) is 16.9 Å². The van der Waals surface area contributed by atoms with Crippen LogP contribution in [-0.4, -0.2) is 76.6 Å². The van der Waals surface area contributed by atoms with Gasteiger partial charge >= 0.3 is 6.03 Å². The number of rotatable bonds is 3. The van der Waals surface area contributed by atoms with Crippen molar-refractivity contribution < 1.29 is 37.6 Å². The molecule has 4 aliphatic rings. The molecule has 12 nitrogen and oxygen atoms in total. The average molecular weight is 645 g/mol. The van der Waals surface area contributed by atoms with Crippen molar-refractivity contribution in [2.75, 3.05) is 36.6 Å². The summed E-state index contributed by atoms with van der Waals surface area (Å²) in [6.07, 6.45) is -0.534. The molecule has 5 amide bonds. The van der Waals surface area contributed by atoms with Gasteiger partial charge < -0.3 is 18.9 Å². The van der Waals surface area contributed by atoms with Crippen LogP contribution in [0.3, 0.4) is 0 Å². The van der Waals surface area contributed by atoms with Crippen LogP contribution in [0.1, 0.15) is 12.5 Å². The number of ether oxygens (including phenoxy) is 2.